The Labute approximate surface area is 459 Å². The summed E-state index contributed by atoms with van der Waals surface area (Å²) in [6.07, 6.45) is 0. The molecule has 7 rings (SSSR count). The number of carbonyl (C=O) groups excluding carboxylic acids is 6. The molecule has 3 aromatic rings. The molecule has 4 fully saturated rings. The molecule has 4 aliphatic rings. The second-order valence-electron chi connectivity index (χ2n) is 17.1. The van der Waals surface area contributed by atoms with E-state index in [0.717, 1.165) is 0 Å². The van der Waals surface area contributed by atoms with E-state index < -0.39 is 69.3 Å². The van der Waals surface area contributed by atoms with E-state index in [2.05, 4.69) is 19.6 Å². The van der Waals surface area contributed by atoms with Gasteiger partial charge in [-0.2, -0.15) is 0 Å². The third-order valence-corrected chi connectivity index (χ3v) is 11.0. The first kappa shape index (κ1) is 67.3. The maximum atomic E-state index is 11.7. The SMILES string of the molecule is C1N2CN3CN1CN(C2)C3.CC(=O)/C(=C(/C)[O-])c1ccccc1/C(C(C)=O)=C(\C)[O-].CC(=O)/C(=C(/C)[O-])c1ccccc1/C(C(C)=O)=C(\C)[O-].CC(=O)/C(=C(/C)[O-])c1ccccc1/C(C(C)=O)=C(\C)[O-].[Cu+2].[Cu+2].[Cu+2]. The van der Waals surface area contributed by atoms with Crippen LogP contribution in [0.1, 0.15) is 116 Å². The van der Waals surface area contributed by atoms with Crippen molar-refractivity contribution in [2.45, 2.75) is 83.1 Å². The van der Waals surface area contributed by atoms with Gasteiger partial charge in [0.1, 0.15) is 0 Å². The van der Waals surface area contributed by atoms with Crippen molar-refractivity contribution in [3.05, 3.63) is 141 Å². The van der Waals surface area contributed by atoms with Gasteiger partial charge in [0.2, 0.25) is 0 Å². The van der Waals surface area contributed by atoms with Crippen LogP contribution >= 0.6 is 0 Å². The second-order valence-corrected chi connectivity index (χ2v) is 17.1. The van der Waals surface area contributed by atoms with Gasteiger partial charge in [-0.3, -0.25) is 48.4 Å². The number of allylic oxidation sites excluding steroid dienone is 12. The van der Waals surface area contributed by atoms with Gasteiger partial charge in [-0.15, -0.1) is 34.6 Å². The van der Waals surface area contributed by atoms with Gasteiger partial charge in [0.25, 0.3) is 0 Å². The van der Waals surface area contributed by atoms with Crippen LogP contribution < -0.4 is 30.6 Å². The first-order valence-electron chi connectivity index (χ1n) is 22.2. The fraction of sp³-hybridized carbons (Fsp3) is 0.333. The Morgan fingerprint density at radius 2 is 0.384 bits per heavy atom. The van der Waals surface area contributed by atoms with Crippen molar-refractivity contribution < 1.29 is 111 Å². The molecule has 0 amide bonds. The van der Waals surface area contributed by atoms with Crippen molar-refractivity contribution in [3.63, 3.8) is 0 Å². The zero-order chi connectivity index (χ0) is 52.9. The fourth-order valence-corrected chi connectivity index (χ4v) is 8.75. The van der Waals surface area contributed by atoms with Crippen LogP contribution in [0, 0.1) is 0 Å². The van der Waals surface area contributed by atoms with Gasteiger partial charge in [-0.1, -0.05) is 114 Å². The van der Waals surface area contributed by atoms with Gasteiger partial charge in [-0.25, -0.2) is 0 Å². The van der Waals surface area contributed by atoms with E-state index in [0.29, 0.717) is 33.4 Å². The number of carbonyl (C=O) groups is 6. The number of rotatable bonds is 12. The molecule has 3 radical (unpaired) electrons. The van der Waals surface area contributed by atoms with E-state index in [-0.39, 0.29) is 84.6 Å². The van der Waals surface area contributed by atoms with E-state index in [1.165, 1.54) is 123 Å². The Morgan fingerprint density at radius 3 is 0.466 bits per heavy atom. The Balaban J connectivity index is 0.000000952. The summed E-state index contributed by atoms with van der Waals surface area (Å²) in [4.78, 5) is 79.9. The second kappa shape index (κ2) is 30.5. The molecule has 4 heterocycles. The zero-order valence-electron chi connectivity index (χ0n) is 42.8. The Bertz CT molecular complexity index is 2240. The minimum absolute atomic E-state index is 0. The van der Waals surface area contributed by atoms with E-state index >= 15 is 0 Å². The van der Waals surface area contributed by atoms with Crippen LogP contribution in [0.25, 0.3) is 33.4 Å². The van der Waals surface area contributed by atoms with Crippen LogP contribution in [-0.2, 0) is 80.0 Å². The third kappa shape index (κ3) is 18.0. The summed E-state index contributed by atoms with van der Waals surface area (Å²) in [6, 6.07) is 19.3. The van der Waals surface area contributed by atoms with Gasteiger partial charge in [-0.05, 0) is 74.9 Å². The van der Waals surface area contributed by atoms with Crippen LogP contribution in [0.2, 0.25) is 0 Å². The summed E-state index contributed by atoms with van der Waals surface area (Å²) < 4.78 is 0. The molecule has 3 aromatic carbocycles. The molecule has 0 saturated carbocycles. The zero-order valence-corrected chi connectivity index (χ0v) is 45.6. The molecule has 16 nitrogen and oxygen atoms in total. The number of nitrogens with zero attached hydrogens (tertiary/aromatic N) is 4. The van der Waals surface area contributed by atoms with Gasteiger partial charge >= 0.3 is 51.2 Å². The summed E-state index contributed by atoms with van der Waals surface area (Å²) in [7, 11) is 0. The van der Waals surface area contributed by atoms with E-state index in [4.69, 9.17) is 0 Å². The normalized spacial score (nSPS) is 18.9. The van der Waals surface area contributed by atoms with Gasteiger partial charge < -0.3 is 30.6 Å². The van der Waals surface area contributed by atoms with Crippen molar-refractivity contribution in [2.75, 3.05) is 40.0 Å². The molecule has 0 aromatic heterocycles. The molecule has 0 unspecified atom stereocenters. The van der Waals surface area contributed by atoms with Crippen LogP contribution in [-0.4, -0.2) is 94.3 Å². The average Bonchev–Trinajstić information content (AvgIpc) is 3.21. The molecule has 0 spiro atoms. The smallest absolute Gasteiger partial charge is 0.875 e. The molecule has 73 heavy (non-hydrogen) atoms. The maximum Gasteiger partial charge on any atom is 2.00 e. The number of ketones is 6. The van der Waals surface area contributed by atoms with E-state index in [9.17, 15) is 59.4 Å². The quantitative estimate of drug-likeness (QED) is 0.143. The molecular formula is C54H60Cu3N4O12. The van der Waals surface area contributed by atoms with Gasteiger partial charge in [0, 0.05) is 33.4 Å². The van der Waals surface area contributed by atoms with E-state index in [1.807, 2.05) is 0 Å². The summed E-state index contributed by atoms with van der Waals surface area (Å²) in [5, 5.41) is 70.0. The fourth-order valence-electron chi connectivity index (χ4n) is 8.75. The minimum Gasteiger partial charge on any atom is -0.875 e. The van der Waals surface area contributed by atoms with Gasteiger partial charge in [0.15, 0.2) is 34.7 Å². The van der Waals surface area contributed by atoms with Gasteiger partial charge in [0.05, 0.1) is 40.0 Å². The summed E-state index contributed by atoms with van der Waals surface area (Å²) in [5.41, 5.74) is 1.96. The Kier molecular flexibility index (Phi) is 28.1. The largest absolute Gasteiger partial charge is 2.00 e. The topological polar surface area (TPSA) is 254 Å². The van der Waals surface area contributed by atoms with Crippen molar-refractivity contribution in [1.82, 2.24) is 19.6 Å². The third-order valence-electron chi connectivity index (χ3n) is 11.0. The summed E-state index contributed by atoms with van der Waals surface area (Å²) in [5.74, 6) is -4.71. The van der Waals surface area contributed by atoms with Crippen LogP contribution in [0.5, 0.6) is 0 Å². The summed E-state index contributed by atoms with van der Waals surface area (Å²) in [6.45, 7) is 22.6. The molecule has 0 aliphatic carbocycles. The predicted molar refractivity (Wildman–Crippen MR) is 256 cm³/mol. The molecule has 4 bridgehead atoms. The first-order chi connectivity index (χ1) is 32.7. The number of benzene rings is 3. The van der Waals surface area contributed by atoms with Crippen LogP contribution in [0.15, 0.2) is 107 Å². The van der Waals surface area contributed by atoms with Crippen molar-refractivity contribution in [3.8, 4) is 0 Å². The van der Waals surface area contributed by atoms with Crippen LogP contribution in [0.3, 0.4) is 0 Å². The van der Waals surface area contributed by atoms with Crippen molar-refractivity contribution >= 4 is 68.1 Å². The molecule has 0 N–H and O–H groups in total. The number of Topliss-reactive ketones (excluding diaryl/α,β-unsaturated/α-hetero) is 6. The molecule has 4 aliphatic heterocycles. The molecule has 4 saturated heterocycles. The Hall–Kier alpha value is -5.68. The maximum absolute atomic E-state index is 11.7. The van der Waals surface area contributed by atoms with E-state index in [1.54, 1.807) is 72.8 Å². The monoisotopic (exact) mass is 1150 g/mol. The Morgan fingerprint density at radius 1 is 0.274 bits per heavy atom. The number of hydrogen-bond acceptors (Lipinski definition) is 16. The molecule has 0 atom stereocenters. The standard InChI is InChI=1S/3C16H18O4.C6H12N4.3Cu/c3*1-9(17)15(10(2)18)13-7-5-6-8-14(13)16(11(3)19)12(4)20;1-7-2-9-4-8(1)5-10(3-7)6-9;;;/h3*5-8,17,19H,1-4H3;1-6H2;;;/q;;;;3*+2/p-6/b3*15-9+,16-11+;;;;. The summed E-state index contributed by atoms with van der Waals surface area (Å²) >= 11 is 0. The average molecular weight is 1150 g/mol. The molecule has 19 heteroatoms. The molecular weight excluding hydrogens is 1090 g/mol. The minimum atomic E-state index is -0.392. The van der Waals surface area contributed by atoms with Crippen molar-refractivity contribution in [1.29, 1.82) is 0 Å². The van der Waals surface area contributed by atoms with Crippen LogP contribution in [0.4, 0.5) is 0 Å². The van der Waals surface area contributed by atoms with Crippen molar-refractivity contribution in [2.24, 2.45) is 0 Å². The molecule has 401 valence electrons. The predicted octanol–water partition coefficient (Wildman–Crippen LogP) is 2.11. The number of hydrogen-bond donors (Lipinski definition) is 0. The first-order valence-corrected chi connectivity index (χ1v) is 22.2.